The number of nitrogens with zero attached hydrogens (tertiary/aromatic N) is 2. The fourth-order valence-electron chi connectivity index (χ4n) is 3.68. The fourth-order valence-corrected chi connectivity index (χ4v) is 3.68. The Morgan fingerprint density at radius 3 is 2.42 bits per heavy atom. The average molecular weight is 342 g/mol. The molecule has 0 spiro atoms. The summed E-state index contributed by atoms with van der Waals surface area (Å²) in [6.07, 6.45) is 3.82. The molecule has 26 heavy (non-hydrogen) atoms. The van der Waals surface area contributed by atoms with Gasteiger partial charge in [0.2, 0.25) is 5.91 Å². The Balaban J connectivity index is 1.57. The molecule has 0 saturated carbocycles. The molecule has 0 radical (unpaired) electrons. The molecule has 2 aromatic carbocycles. The van der Waals surface area contributed by atoms with Gasteiger partial charge in [0.15, 0.2) is 0 Å². The van der Waals surface area contributed by atoms with Crippen LogP contribution >= 0.6 is 0 Å². The number of amides is 1. The topological polar surface area (TPSA) is 33.2 Å². The highest BCUT2D eigenvalue weighted by Gasteiger charge is 2.30. The maximum atomic E-state index is 13.1. The lowest BCUT2D eigenvalue weighted by Crippen LogP contribution is -2.39. The van der Waals surface area contributed by atoms with Crippen LogP contribution in [0.2, 0.25) is 0 Å². The summed E-state index contributed by atoms with van der Waals surface area (Å²) >= 11 is 0. The molecule has 0 unspecified atom stereocenters. The SMILES string of the molecule is O=C(CCc1ccccn1)N1Cc2ccccc2C[C@H]1c1ccccc1. The Labute approximate surface area is 154 Å². The Morgan fingerprint density at radius 1 is 0.923 bits per heavy atom. The second-order valence-corrected chi connectivity index (χ2v) is 6.74. The third-order valence-corrected chi connectivity index (χ3v) is 5.07. The zero-order valence-electron chi connectivity index (χ0n) is 14.7. The van der Waals surface area contributed by atoms with E-state index in [0.717, 1.165) is 12.1 Å². The van der Waals surface area contributed by atoms with Crippen LogP contribution in [0.4, 0.5) is 0 Å². The van der Waals surface area contributed by atoms with Crippen LogP contribution in [0.15, 0.2) is 79.0 Å². The largest absolute Gasteiger partial charge is 0.331 e. The minimum absolute atomic E-state index is 0.0994. The van der Waals surface area contributed by atoms with Crippen LogP contribution in [0.25, 0.3) is 0 Å². The summed E-state index contributed by atoms with van der Waals surface area (Å²) in [4.78, 5) is 19.4. The van der Waals surface area contributed by atoms with Gasteiger partial charge in [0.05, 0.1) is 6.04 Å². The number of aromatic nitrogens is 1. The Morgan fingerprint density at radius 2 is 1.65 bits per heavy atom. The maximum Gasteiger partial charge on any atom is 0.223 e. The Hall–Kier alpha value is -2.94. The molecular weight excluding hydrogens is 320 g/mol. The predicted molar refractivity (Wildman–Crippen MR) is 102 cm³/mol. The third kappa shape index (κ3) is 3.52. The van der Waals surface area contributed by atoms with E-state index in [1.54, 1.807) is 6.20 Å². The molecule has 0 fully saturated rings. The van der Waals surface area contributed by atoms with Crippen molar-refractivity contribution in [1.82, 2.24) is 9.88 Å². The monoisotopic (exact) mass is 342 g/mol. The van der Waals surface area contributed by atoms with E-state index < -0.39 is 0 Å². The molecule has 1 amide bonds. The molecule has 3 aromatic rings. The molecule has 1 aliphatic rings. The van der Waals surface area contributed by atoms with Gasteiger partial charge in [0, 0.05) is 24.9 Å². The highest BCUT2D eigenvalue weighted by molar-refractivity contribution is 5.77. The molecule has 1 aliphatic heterocycles. The number of rotatable bonds is 4. The van der Waals surface area contributed by atoms with Crippen molar-refractivity contribution < 1.29 is 4.79 Å². The molecule has 0 N–H and O–H groups in total. The first-order valence-electron chi connectivity index (χ1n) is 9.12. The van der Waals surface area contributed by atoms with Gasteiger partial charge < -0.3 is 4.90 Å². The summed E-state index contributed by atoms with van der Waals surface area (Å²) < 4.78 is 0. The molecule has 3 heteroatoms. The first-order chi connectivity index (χ1) is 12.8. The van der Waals surface area contributed by atoms with Crippen LogP contribution in [0.1, 0.15) is 34.8 Å². The van der Waals surface area contributed by atoms with Gasteiger partial charge in [0.25, 0.3) is 0 Å². The summed E-state index contributed by atoms with van der Waals surface area (Å²) in [6, 6.07) is 24.8. The zero-order valence-corrected chi connectivity index (χ0v) is 14.7. The van der Waals surface area contributed by atoms with Crippen LogP contribution in [0, 0.1) is 0 Å². The number of aryl methyl sites for hydroxylation is 1. The van der Waals surface area contributed by atoms with E-state index in [0.29, 0.717) is 19.4 Å². The quantitative estimate of drug-likeness (QED) is 0.706. The highest BCUT2D eigenvalue weighted by Crippen LogP contribution is 2.33. The average Bonchev–Trinajstić information content (AvgIpc) is 2.72. The van der Waals surface area contributed by atoms with Gasteiger partial charge in [-0.05, 0) is 41.7 Å². The van der Waals surface area contributed by atoms with Gasteiger partial charge in [-0.2, -0.15) is 0 Å². The van der Waals surface area contributed by atoms with E-state index in [1.165, 1.54) is 16.7 Å². The van der Waals surface area contributed by atoms with Crippen LogP contribution < -0.4 is 0 Å². The Kier molecular flexibility index (Phi) is 4.78. The van der Waals surface area contributed by atoms with Crippen LogP contribution in [-0.4, -0.2) is 15.8 Å². The summed E-state index contributed by atoms with van der Waals surface area (Å²) in [5.74, 6) is 0.194. The van der Waals surface area contributed by atoms with Crippen LogP contribution in [-0.2, 0) is 24.2 Å². The van der Waals surface area contributed by atoms with E-state index in [-0.39, 0.29) is 11.9 Å². The predicted octanol–water partition coefficient (Wildman–Crippen LogP) is 4.34. The molecule has 0 saturated heterocycles. The molecule has 2 heterocycles. The van der Waals surface area contributed by atoms with Crippen molar-refractivity contribution >= 4 is 5.91 Å². The summed E-state index contributed by atoms with van der Waals surface area (Å²) in [6.45, 7) is 0.677. The lowest BCUT2D eigenvalue weighted by atomic mass is 9.89. The smallest absolute Gasteiger partial charge is 0.223 e. The van der Waals surface area contributed by atoms with Crippen molar-refractivity contribution in [3.05, 3.63) is 101 Å². The van der Waals surface area contributed by atoms with Crippen molar-refractivity contribution in [2.45, 2.75) is 31.8 Å². The molecule has 0 aliphatic carbocycles. The minimum Gasteiger partial charge on any atom is -0.331 e. The van der Waals surface area contributed by atoms with Gasteiger partial charge in [-0.15, -0.1) is 0 Å². The van der Waals surface area contributed by atoms with E-state index in [9.17, 15) is 4.79 Å². The minimum atomic E-state index is 0.0994. The van der Waals surface area contributed by atoms with E-state index in [2.05, 4.69) is 41.4 Å². The highest BCUT2D eigenvalue weighted by atomic mass is 16.2. The van der Waals surface area contributed by atoms with E-state index in [1.807, 2.05) is 41.3 Å². The molecular formula is C23H22N2O. The summed E-state index contributed by atoms with van der Waals surface area (Å²) in [5, 5.41) is 0. The van der Waals surface area contributed by atoms with E-state index >= 15 is 0 Å². The second-order valence-electron chi connectivity index (χ2n) is 6.74. The number of pyridine rings is 1. The van der Waals surface area contributed by atoms with Gasteiger partial charge in [0.1, 0.15) is 0 Å². The Bertz CT molecular complexity index is 877. The first kappa shape index (κ1) is 16.5. The molecule has 130 valence electrons. The number of carbonyl (C=O) groups excluding carboxylic acids is 1. The lowest BCUT2D eigenvalue weighted by Gasteiger charge is -2.37. The maximum absolute atomic E-state index is 13.1. The molecule has 3 nitrogen and oxygen atoms in total. The zero-order chi connectivity index (χ0) is 17.8. The van der Waals surface area contributed by atoms with Gasteiger partial charge in [-0.25, -0.2) is 0 Å². The molecule has 4 rings (SSSR count). The lowest BCUT2D eigenvalue weighted by molar-refractivity contribution is -0.134. The third-order valence-electron chi connectivity index (χ3n) is 5.07. The van der Waals surface area contributed by atoms with Gasteiger partial charge >= 0.3 is 0 Å². The van der Waals surface area contributed by atoms with E-state index in [4.69, 9.17) is 0 Å². The normalized spacial score (nSPS) is 16.2. The number of fused-ring (bicyclic) bond motifs is 1. The van der Waals surface area contributed by atoms with Gasteiger partial charge in [-0.1, -0.05) is 60.7 Å². The number of hydrogen-bond donors (Lipinski definition) is 0. The summed E-state index contributed by atoms with van der Waals surface area (Å²) in [7, 11) is 0. The standard InChI is InChI=1S/C23H22N2O/c26-23(14-13-21-12-6-7-15-24-21)25-17-20-11-5-4-10-19(20)16-22(25)18-8-2-1-3-9-18/h1-12,15,22H,13-14,16-17H2/t22-/m0/s1. The van der Waals surface area contributed by atoms with Crippen molar-refractivity contribution in [3.8, 4) is 0 Å². The fraction of sp³-hybridized carbons (Fsp3) is 0.217. The van der Waals surface area contributed by atoms with Crippen molar-refractivity contribution in [2.24, 2.45) is 0 Å². The van der Waals surface area contributed by atoms with Gasteiger partial charge in [-0.3, -0.25) is 9.78 Å². The first-order valence-corrected chi connectivity index (χ1v) is 9.12. The van der Waals surface area contributed by atoms with Crippen molar-refractivity contribution in [1.29, 1.82) is 0 Å². The number of benzene rings is 2. The van der Waals surface area contributed by atoms with Crippen LogP contribution in [0.3, 0.4) is 0 Å². The van der Waals surface area contributed by atoms with Crippen molar-refractivity contribution in [2.75, 3.05) is 0 Å². The summed E-state index contributed by atoms with van der Waals surface area (Å²) in [5.41, 5.74) is 4.77. The molecule has 1 aromatic heterocycles. The number of carbonyl (C=O) groups is 1. The number of hydrogen-bond acceptors (Lipinski definition) is 2. The second kappa shape index (κ2) is 7.52. The van der Waals surface area contributed by atoms with Crippen molar-refractivity contribution in [3.63, 3.8) is 0 Å². The molecule has 1 atom stereocenters. The molecule has 0 bridgehead atoms. The van der Waals surface area contributed by atoms with Crippen LogP contribution in [0.5, 0.6) is 0 Å².